The van der Waals surface area contributed by atoms with Crippen LogP contribution in [-0.2, 0) is 0 Å². The van der Waals surface area contributed by atoms with E-state index in [2.05, 4.69) is 39.2 Å². The number of piperazine rings is 1. The number of para-hydroxylation sites is 1. The van der Waals surface area contributed by atoms with Crippen molar-refractivity contribution in [3.05, 3.63) is 65.7 Å². The Balaban J connectivity index is 1.44. The summed E-state index contributed by atoms with van der Waals surface area (Å²) in [5, 5.41) is 14.8. The minimum atomic E-state index is -0.0635. The van der Waals surface area contributed by atoms with E-state index in [4.69, 9.17) is 4.42 Å². The van der Waals surface area contributed by atoms with Gasteiger partial charge in [0.05, 0.1) is 32.4 Å². The van der Waals surface area contributed by atoms with Crippen LogP contribution in [0, 0.1) is 0 Å². The molecule has 1 aliphatic heterocycles. The monoisotopic (exact) mass is 382 g/mol. The summed E-state index contributed by atoms with van der Waals surface area (Å²) in [5.74, 6) is 1.02. The van der Waals surface area contributed by atoms with Crippen LogP contribution in [0.4, 0.5) is 5.69 Å². The lowest BCUT2D eigenvalue weighted by atomic mass is 10.1. The molecule has 1 atom stereocenters. The van der Waals surface area contributed by atoms with Crippen LogP contribution in [0.1, 0.15) is 16.7 Å². The molecule has 0 aliphatic carbocycles. The predicted molar refractivity (Wildman–Crippen MR) is 102 cm³/mol. The highest BCUT2D eigenvalue weighted by Gasteiger charge is 2.36. The Morgan fingerprint density at radius 2 is 1.93 bits per heavy atom. The summed E-state index contributed by atoms with van der Waals surface area (Å²) in [6, 6.07) is 14.3. The molecule has 27 heavy (non-hydrogen) atoms. The van der Waals surface area contributed by atoms with Crippen molar-refractivity contribution in [2.24, 2.45) is 0 Å². The van der Waals surface area contributed by atoms with Crippen molar-refractivity contribution in [1.29, 1.82) is 0 Å². The summed E-state index contributed by atoms with van der Waals surface area (Å²) in [4.78, 5) is 9.55. The fraction of sp³-hybridized carbons (Fsp3) is 0.263. The number of aromatic hydroxyl groups is 1. The van der Waals surface area contributed by atoms with Crippen molar-refractivity contribution >= 4 is 22.0 Å². The van der Waals surface area contributed by atoms with E-state index in [-0.39, 0.29) is 11.9 Å². The zero-order valence-corrected chi connectivity index (χ0v) is 15.5. The van der Waals surface area contributed by atoms with Gasteiger partial charge in [0.2, 0.25) is 10.8 Å². The number of hydrogen-bond donors (Lipinski definition) is 2. The number of hydrogen-bond acceptors (Lipinski definition) is 6. The Hall–Kier alpha value is -2.84. The van der Waals surface area contributed by atoms with Gasteiger partial charge in [0, 0.05) is 5.69 Å². The molecular formula is C19H20N5O2S+. The maximum absolute atomic E-state index is 10.7. The maximum atomic E-state index is 10.7. The number of rotatable bonds is 4. The fourth-order valence-electron chi connectivity index (χ4n) is 3.83. The number of quaternary nitrogens is 1. The summed E-state index contributed by atoms with van der Waals surface area (Å²) in [7, 11) is 0. The van der Waals surface area contributed by atoms with Gasteiger partial charge in [-0.2, -0.15) is 9.61 Å². The first-order valence-electron chi connectivity index (χ1n) is 9.00. The molecule has 2 N–H and O–H groups in total. The second kappa shape index (κ2) is 6.71. The summed E-state index contributed by atoms with van der Waals surface area (Å²) in [6.07, 6.45) is 3.15. The molecule has 8 heteroatoms. The zero-order chi connectivity index (χ0) is 18.2. The molecule has 138 valence electrons. The van der Waals surface area contributed by atoms with Crippen LogP contribution >= 0.6 is 11.3 Å². The van der Waals surface area contributed by atoms with Gasteiger partial charge < -0.3 is 19.3 Å². The molecule has 0 amide bonds. The molecule has 3 aromatic heterocycles. The van der Waals surface area contributed by atoms with Crippen molar-refractivity contribution in [2.45, 2.75) is 6.04 Å². The van der Waals surface area contributed by atoms with E-state index in [0.29, 0.717) is 4.96 Å². The molecular weight excluding hydrogens is 362 g/mol. The van der Waals surface area contributed by atoms with Gasteiger partial charge in [-0.15, -0.1) is 0 Å². The third-order valence-corrected chi connectivity index (χ3v) is 6.26. The first-order chi connectivity index (χ1) is 13.3. The average Bonchev–Trinajstić information content (AvgIpc) is 3.45. The van der Waals surface area contributed by atoms with Gasteiger partial charge in [-0.25, -0.2) is 4.98 Å². The van der Waals surface area contributed by atoms with Crippen LogP contribution in [0.15, 0.2) is 59.5 Å². The number of nitrogens with zero attached hydrogens (tertiary/aromatic N) is 4. The lowest BCUT2D eigenvalue weighted by molar-refractivity contribution is -0.926. The van der Waals surface area contributed by atoms with Crippen LogP contribution in [0.3, 0.4) is 0 Å². The highest BCUT2D eigenvalue weighted by Crippen LogP contribution is 2.34. The van der Waals surface area contributed by atoms with E-state index in [1.165, 1.54) is 32.8 Å². The fourth-order valence-corrected chi connectivity index (χ4v) is 4.93. The SMILES string of the molecule is Oc1c([C@@H](c2ccco2)[NH+]2CCN(c3ccccc3)CC2)sc2ncnn12. The molecule has 0 bridgehead atoms. The Bertz CT molecular complexity index is 1020. The smallest absolute Gasteiger partial charge is 0.235 e. The second-order valence-electron chi connectivity index (χ2n) is 6.67. The van der Waals surface area contributed by atoms with Crippen molar-refractivity contribution in [3.8, 4) is 5.88 Å². The van der Waals surface area contributed by atoms with Gasteiger partial charge >= 0.3 is 0 Å². The Morgan fingerprint density at radius 1 is 1.11 bits per heavy atom. The normalized spacial score (nSPS) is 16.8. The minimum Gasteiger partial charge on any atom is -0.492 e. The molecule has 1 aliphatic rings. The van der Waals surface area contributed by atoms with Gasteiger partial charge in [0.25, 0.3) is 0 Å². The first-order valence-corrected chi connectivity index (χ1v) is 9.82. The highest BCUT2D eigenvalue weighted by atomic mass is 32.1. The number of anilines is 1. The van der Waals surface area contributed by atoms with E-state index in [1.54, 1.807) is 6.26 Å². The quantitative estimate of drug-likeness (QED) is 0.561. The number of benzene rings is 1. The molecule has 0 spiro atoms. The Morgan fingerprint density at radius 3 is 2.63 bits per heavy atom. The Kier molecular flexibility index (Phi) is 4.06. The third kappa shape index (κ3) is 2.87. The molecule has 1 saturated heterocycles. The summed E-state index contributed by atoms with van der Waals surface area (Å²) >= 11 is 1.47. The van der Waals surface area contributed by atoms with Gasteiger partial charge in [0.15, 0.2) is 11.8 Å². The van der Waals surface area contributed by atoms with Gasteiger partial charge in [-0.05, 0) is 24.3 Å². The van der Waals surface area contributed by atoms with Crippen LogP contribution in [0.5, 0.6) is 5.88 Å². The summed E-state index contributed by atoms with van der Waals surface area (Å²) in [6.45, 7) is 3.82. The topological polar surface area (TPSA) is 71.2 Å². The van der Waals surface area contributed by atoms with E-state index < -0.39 is 0 Å². The lowest BCUT2D eigenvalue weighted by Gasteiger charge is -2.36. The molecule has 0 unspecified atom stereocenters. The van der Waals surface area contributed by atoms with Crippen molar-refractivity contribution in [3.63, 3.8) is 0 Å². The standard InChI is InChI=1S/C19H19N5O2S/c25-18-17(27-19-20-13-21-24(18)19)16(15-7-4-12-26-15)23-10-8-22(9-11-23)14-5-2-1-3-6-14/h1-7,12-13,16,25H,8-11H2/p+1/t16-/m1/s1. The van der Waals surface area contributed by atoms with Crippen LogP contribution in [0.2, 0.25) is 0 Å². The maximum Gasteiger partial charge on any atom is 0.235 e. The third-order valence-electron chi connectivity index (χ3n) is 5.16. The Labute approximate surface area is 160 Å². The minimum absolute atomic E-state index is 0.0635. The van der Waals surface area contributed by atoms with Crippen LogP contribution < -0.4 is 9.80 Å². The van der Waals surface area contributed by atoms with Crippen LogP contribution in [0.25, 0.3) is 4.96 Å². The van der Waals surface area contributed by atoms with Crippen LogP contribution in [-0.4, -0.2) is 45.9 Å². The molecule has 0 saturated carbocycles. The average molecular weight is 382 g/mol. The molecule has 4 aromatic rings. The molecule has 7 nitrogen and oxygen atoms in total. The van der Waals surface area contributed by atoms with E-state index >= 15 is 0 Å². The number of nitrogens with one attached hydrogen (secondary N) is 1. The summed E-state index contributed by atoms with van der Waals surface area (Å²) in [5.41, 5.74) is 1.26. The van der Waals surface area contributed by atoms with E-state index in [1.807, 2.05) is 18.2 Å². The largest absolute Gasteiger partial charge is 0.492 e. The molecule has 0 radical (unpaired) electrons. The van der Waals surface area contributed by atoms with E-state index in [0.717, 1.165) is 36.8 Å². The van der Waals surface area contributed by atoms with Gasteiger partial charge in [-0.3, -0.25) is 0 Å². The molecule has 1 aromatic carbocycles. The highest BCUT2D eigenvalue weighted by molar-refractivity contribution is 7.17. The number of furan rings is 1. The number of thiazole rings is 1. The van der Waals surface area contributed by atoms with Crippen molar-refractivity contribution < 1.29 is 14.4 Å². The predicted octanol–water partition coefficient (Wildman–Crippen LogP) is 1.58. The van der Waals surface area contributed by atoms with Crippen molar-refractivity contribution in [1.82, 2.24) is 14.6 Å². The molecule has 5 rings (SSSR count). The lowest BCUT2D eigenvalue weighted by Crippen LogP contribution is -3.15. The number of fused-ring (bicyclic) bond motifs is 1. The van der Waals surface area contributed by atoms with E-state index in [9.17, 15) is 5.11 Å². The molecule has 4 heterocycles. The van der Waals surface area contributed by atoms with Gasteiger partial charge in [-0.1, -0.05) is 29.5 Å². The zero-order valence-electron chi connectivity index (χ0n) is 14.7. The first kappa shape index (κ1) is 16.3. The number of aromatic nitrogens is 3. The molecule has 1 fully saturated rings. The van der Waals surface area contributed by atoms with Crippen molar-refractivity contribution in [2.75, 3.05) is 31.1 Å². The van der Waals surface area contributed by atoms with Gasteiger partial charge in [0.1, 0.15) is 11.2 Å². The second-order valence-corrected chi connectivity index (χ2v) is 7.68. The summed E-state index contributed by atoms with van der Waals surface area (Å²) < 4.78 is 7.25.